The van der Waals surface area contributed by atoms with E-state index >= 15 is 0 Å². The number of rotatable bonds is 10. The fraction of sp³-hybridized carbons (Fsp3) is 0.160. The highest BCUT2D eigenvalue weighted by Gasteiger charge is 2.18. The maximum atomic E-state index is 12.7. The van der Waals surface area contributed by atoms with E-state index in [9.17, 15) is 9.59 Å². The Morgan fingerprint density at radius 2 is 1.60 bits per heavy atom. The van der Waals surface area contributed by atoms with Crippen LogP contribution in [0.3, 0.4) is 0 Å². The van der Waals surface area contributed by atoms with Gasteiger partial charge in [0.05, 0.1) is 33.1 Å². The largest absolute Gasteiger partial charge is 0.493 e. The molecule has 3 rings (SSSR count). The minimum Gasteiger partial charge on any atom is -0.493 e. The van der Waals surface area contributed by atoms with E-state index in [1.54, 1.807) is 36.4 Å². The molecule has 0 heterocycles. The lowest BCUT2D eigenvalue weighted by atomic mass is 10.1. The third kappa shape index (κ3) is 7.21. The number of halogens is 1. The van der Waals surface area contributed by atoms with Crippen LogP contribution in [0.5, 0.6) is 28.7 Å². The summed E-state index contributed by atoms with van der Waals surface area (Å²) in [5.41, 5.74) is 3.21. The Morgan fingerprint density at radius 3 is 2.23 bits per heavy atom. The van der Waals surface area contributed by atoms with Crippen LogP contribution in [0.2, 0.25) is 0 Å². The number of ether oxygens (including phenoxy) is 5. The molecule has 10 heteroatoms. The molecule has 0 atom stereocenters. The van der Waals surface area contributed by atoms with E-state index in [1.165, 1.54) is 39.7 Å². The molecular formula is C25H23BrN2O7. The van der Waals surface area contributed by atoms with Crippen molar-refractivity contribution in [2.24, 2.45) is 5.10 Å². The molecule has 0 saturated heterocycles. The molecule has 3 aromatic rings. The van der Waals surface area contributed by atoms with Crippen molar-refractivity contribution < 1.29 is 33.3 Å². The molecule has 0 spiro atoms. The first kappa shape index (κ1) is 25.6. The van der Waals surface area contributed by atoms with Crippen molar-refractivity contribution in [2.45, 2.75) is 0 Å². The highest BCUT2D eigenvalue weighted by atomic mass is 79.9. The molecule has 9 nitrogen and oxygen atoms in total. The second-order valence-corrected chi connectivity index (χ2v) is 7.83. The van der Waals surface area contributed by atoms with E-state index in [2.05, 4.69) is 26.5 Å². The third-order valence-corrected chi connectivity index (χ3v) is 5.08. The lowest BCUT2D eigenvalue weighted by molar-refractivity contribution is -0.123. The van der Waals surface area contributed by atoms with E-state index in [4.69, 9.17) is 23.7 Å². The fourth-order valence-electron chi connectivity index (χ4n) is 2.91. The first-order valence-corrected chi connectivity index (χ1v) is 11.0. The van der Waals surface area contributed by atoms with Gasteiger partial charge < -0.3 is 23.7 Å². The van der Waals surface area contributed by atoms with Crippen LogP contribution in [-0.4, -0.2) is 46.0 Å². The minimum absolute atomic E-state index is 0.189. The monoisotopic (exact) mass is 542 g/mol. The van der Waals surface area contributed by atoms with Gasteiger partial charge in [-0.15, -0.1) is 0 Å². The topological polar surface area (TPSA) is 105 Å². The second-order valence-electron chi connectivity index (χ2n) is 6.91. The predicted molar refractivity (Wildman–Crippen MR) is 133 cm³/mol. The SMILES string of the molecule is COc1cc(C(=O)Oc2cccc(C=NNC(=O)COc3ccc(Br)cc3)c2)cc(OC)c1OC. The Bertz CT molecular complexity index is 1190. The summed E-state index contributed by atoms with van der Waals surface area (Å²) in [4.78, 5) is 24.6. The summed E-state index contributed by atoms with van der Waals surface area (Å²) in [6.07, 6.45) is 1.42. The molecule has 3 aromatic carbocycles. The van der Waals surface area contributed by atoms with Crippen LogP contribution < -0.4 is 29.1 Å². The Morgan fingerprint density at radius 1 is 0.914 bits per heavy atom. The van der Waals surface area contributed by atoms with Gasteiger partial charge in [-0.25, -0.2) is 10.2 Å². The summed E-state index contributed by atoms with van der Waals surface area (Å²) in [6, 6.07) is 16.8. The Labute approximate surface area is 210 Å². The molecule has 0 aliphatic heterocycles. The number of hydrazone groups is 1. The molecule has 0 radical (unpaired) electrons. The molecule has 0 aromatic heterocycles. The zero-order chi connectivity index (χ0) is 25.2. The quantitative estimate of drug-likeness (QED) is 0.177. The molecule has 0 unspecified atom stereocenters. The molecule has 1 N–H and O–H groups in total. The number of benzene rings is 3. The van der Waals surface area contributed by atoms with Gasteiger partial charge in [-0.2, -0.15) is 5.10 Å². The van der Waals surface area contributed by atoms with E-state index < -0.39 is 11.9 Å². The Balaban J connectivity index is 1.59. The zero-order valence-electron chi connectivity index (χ0n) is 19.2. The summed E-state index contributed by atoms with van der Waals surface area (Å²) < 4.78 is 27.6. The molecule has 0 fully saturated rings. The van der Waals surface area contributed by atoms with Gasteiger partial charge in [0.1, 0.15) is 11.5 Å². The highest BCUT2D eigenvalue weighted by molar-refractivity contribution is 9.10. The minimum atomic E-state index is -0.614. The molecule has 1 amide bonds. The van der Waals surface area contributed by atoms with Crippen LogP contribution in [0.4, 0.5) is 0 Å². The van der Waals surface area contributed by atoms with Crippen LogP contribution >= 0.6 is 15.9 Å². The number of methoxy groups -OCH3 is 3. The summed E-state index contributed by atoms with van der Waals surface area (Å²) in [7, 11) is 4.39. The molecule has 182 valence electrons. The average molecular weight is 543 g/mol. The van der Waals surface area contributed by atoms with Crippen LogP contribution in [-0.2, 0) is 4.79 Å². The van der Waals surface area contributed by atoms with E-state index in [0.717, 1.165) is 4.47 Å². The van der Waals surface area contributed by atoms with Crippen LogP contribution in [0.15, 0.2) is 70.2 Å². The average Bonchev–Trinajstić information content (AvgIpc) is 2.87. The van der Waals surface area contributed by atoms with Gasteiger partial charge in [0.15, 0.2) is 18.1 Å². The first-order valence-electron chi connectivity index (χ1n) is 10.3. The highest BCUT2D eigenvalue weighted by Crippen LogP contribution is 2.38. The van der Waals surface area contributed by atoms with Crippen LogP contribution in [0.25, 0.3) is 0 Å². The van der Waals surface area contributed by atoms with Gasteiger partial charge >= 0.3 is 5.97 Å². The van der Waals surface area contributed by atoms with Crippen molar-refractivity contribution in [1.29, 1.82) is 0 Å². The van der Waals surface area contributed by atoms with Gasteiger partial charge in [-0.05, 0) is 54.1 Å². The zero-order valence-corrected chi connectivity index (χ0v) is 20.8. The van der Waals surface area contributed by atoms with Crippen molar-refractivity contribution in [3.8, 4) is 28.7 Å². The molecule has 0 saturated carbocycles. The van der Waals surface area contributed by atoms with Gasteiger partial charge in [0.25, 0.3) is 5.91 Å². The van der Waals surface area contributed by atoms with Gasteiger partial charge in [-0.1, -0.05) is 28.1 Å². The van der Waals surface area contributed by atoms with Gasteiger partial charge in [-0.3, -0.25) is 4.79 Å². The number of nitrogens with zero attached hydrogens (tertiary/aromatic N) is 1. The number of hydrogen-bond acceptors (Lipinski definition) is 8. The Hall–Kier alpha value is -4.05. The number of esters is 1. The van der Waals surface area contributed by atoms with Gasteiger partial charge in [0, 0.05) is 4.47 Å². The van der Waals surface area contributed by atoms with Crippen molar-refractivity contribution in [2.75, 3.05) is 27.9 Å². The number of nitrogens with one attached hydrogen (secondary N) is 1. The van der Waals surface area contributed by atoms with Gasteiger partial charge in [0.2, 0.25) is 5.75 Å². The first-order chi connectivity index (χ1) is 16.9. The summed E-state index contributed by atoms with van der Waals surface area (Å²) in [5, 5.41) is 3.91. The molecular weight excluding hydrogens is 520 g/mol. The van der Waals surface area contributed by atoms with Crippen molar-refractivity contribution >= 4 is 34.0 Å². The summed E-state index contributed by atoms with van der Waals surface area (Å²) >= 11 is 3.33. The molecule has 0 aliphatic carbocycles. The summed E-state index contributed by atoms with van der Waals surface area (Å²) in [6.45, 7) is -0.189. The van der Waals surface area contributed by atoms with E-state index in [0.29, 0.717) is 28.6 Å². The fourth-order valence-corrected chi connectivity index (χ4v) is 3.18. The molecule has 0 bridgehead atoms. The number of carbonyl (C=O) groups excluding carboxylic acids is 2. The molecule has 0 aliphatic rings. The van der Waals surface area contributed by atoms with Crippen LogP contribution in [0.1, 0.15) is 15.9 Å². The number of hydrogen-bond donors (Lipinski definition) is 1. The van der Waals surface area contributed by atoms with Crippen molar-refractivity contribution in [3.63, 3.8) is 0 Å². The third-order valence-electron chi connectivity index (χ3n) is 4.56. The molecule has 35 heavy (non-hydrogen) atoms. The maximum Gasteiger partial charge on any atom is 0.343 e. The normalized spacial score (nSPS) is 10.5. The maximum absolute atomic E-state index is 12.7. The lowest BCUT2D eigenvalue weighted by Gasteiger charge is -2.13. The van der Waals surface area contributed by atoms with Crippen molar-refractivity contribution in [1.82, 2.24) is 5.43 Å². The van der Waals surface area contributed by atoms with Crippen LogP contribution in [0, 0.1) is 0 Å². The summed E-state index contributed by atoms with van der Waals surface area (Å²) in [5.74, 6) is 0.852. The Kier molecular flexibility index (Phi) is 9.08. The standard InChI is InChI=1S/C25H23BrN2O7/c1-31-21-12-17(13-22(32-2)24(21)33-3)25(30)35-20-6-4-5-16(11-20)14-27-28-23(29)15-34-19-9-7-18(26)8-10-19/h4-14H,15H2,1-3H3,(H,28,29). The van der Waals surface area contributed by atoms with E-state index in [1.807, 2.05) is 12.1 Å². The van der Waals surface area contributed by atoms with Crippen molar-refractivity contribution in [3.05, 3.63) is 76.3 Å². The van der Waals surface area contributed by atoms with E-state index in [-0.39, 0.29) is 17.9 Å². The number of amides is 1. The smallest absolute Gasteiger partial charge is 0.343 e. The number of carbonyl (C=O) groups is 2. The predicted octanol–water partition coefficient (Wildman–Crippen LogP) is 4.22. The lowest BCUT2D eigenvalue weighted by Crippen LogP contribution is -2.24. The second kappa shape index (κ2) is 12.4.